The first-order valence-electron chi connectivity index (χ1n) is 7.28. The highest BCUT2D eigenvalue weighted by atomic mass is 19.4. The third kappa shape index (κ3) is 3.40. The van der Waals surface area contributed by atoms with E-state index >= 15 is 0 Å². The number of carbonyl (C=O) groups excluding carboxylic acids is 1. The Morgan fingerprint density at radius 2 is 1.79 bits per heavy atom. The largest absolute Gasteiger partial charge is 0.411 e. The van der Waals surface area contributed by atoms with E-state index in [4.69, 9.17) is 0 Å². The number of alkyl halides is 3. The maximum atomic E-state index is 12.2. The minimum atomic E-state index is -4.46. The summed E-state index contributed by atoms with van der Waals surface area (Å²) < 4.78 is 40.9. The third-order valence-corrected chi connectivity index (χ3v) is 3.60. The molecule has 1 aromatic carbocycles. The van der Waals surface area contributed by atoms with Crippen LogP contribution in [0.2, 0.25) is 0 Å². The van der Waals surface area contributed by atoms with Crippen molar-refractivity contribution in [3.8, 4) is 0 Å². The number of amides is 1. The van der Waals surface area contributed by atoms with Gasteiger partial charge in [0.05, 0.1) is 11.0 Å². The number of benzene rings is 1. The molecule has 0 radical (unpaired) electrons. The number of rotatable bonds is 3. The van der Waals surface area contributed by atoms with Gasteiger partial charge in [0.25, 0.3) is 5.91 Å². The molecule has 0 spiro atoms. The van der Waals surface area contributed by atoms with Gasteiger partial charge in [-0.15, -0.1) is 0 Å². The summed E-state index contributed by atoms with van der Waals surface area (Å²) in [6, 6.07) is 7.21. The molecule has 0 atom stereocenters. The van der Waals surface area contributed by atoms with Crippen LogP contribution in [0.4, 0.5) is 24.8 Å². The topological polar surface area (TPSA) is 58.6 Å². The molecule has 6 nitrogen and oxygen atoms in total. The Labute approximate surface area is 135 Å². The molecule has 2 heterocycles. The van der Waals surface area contributed by atoms with Crippen LogP contribution in [0.3, 0.4) is 0 Å². The number of anilines is 2. The van der Waals surface area contributed by atoms with Crippen molar-refractivity contribution in [2.45, 2.75) is 6.18 Å². The number of nitrogens with zero attached hydrogens (tertiary/aromatic N) is 4. The number of likely N-dealkylation sites (N-methyl/N-ethyl adjacent to an activating group) is 1. The Morgan fingerprint density at radius 3 is 2.42 bits per heavy atom. The molecule has 3 rings (SSSR count). The highest BCUT2D eigenvalue weighted by molar-refractivity contribution is 5.98. The average molecular weight is 340 g/mol. The number of ether oxygens (including phenoxy) is 1. The second kappa shape index (κ2) is 6.23. The lowest BCUT2D eigenvalue weighted by molar-refractivity contribution is -0.175. The Bertz CT molecular complexity index is 766. The Balaban J connectivity index is 1.85. The summed E-state index contributed by atoms with van der Waals surface area (Å²) in [4.78, 5) is 24.4. The Hall–Kier alpha value is -2.42. The number of hydrogen-bond acceptors (Lipinski definition) is 5. The van der Waals surface area contributed by atoms with Crippen molar-refractivity contribution in [2.24, 2.45) is 0 Å². The summed E-state index contributed by atoms with van der Waals surface area (Å²) in [5.41, 5.74) is 1.30. The minimum absolute atomic E-state index is 0.310. The van der Waals surface area contributed by atoms with Crippen molar-refractivity contribution < 1.29 is 22.7 Å². The molecule has 0 N–H and O–H groups in total. The molecular formula is C15H15F3N4O2. The maximum Gasteiger partial charge on any atom is 0.411 e. The van der Waals surface area contributed by atoms with Crippen molar-refractivity contribution in [3.05, 3.63) is 24.3 Å². The van der Waals surface area contributed by atoms with Gasteiger partial charge in [0.1, 0.15) is 13.2 Å². The summed E-state index contributed by atoms with van der Waals surface area (Å²) in [6.45, 7) is -1.30. The zero-order chi connectivity index (χ0) is 17.3. The molecule has 0 fully saturated rings. The fourth-order valence-electron chi connectivity index (χ4n) is 2.46. The van der Waals surface area contributed by atoms with E-state index in [2.05, 4.69) is 14.7 Å². The number of carbonyl (C=O) groups is 1. The zero-order valence-electron chi connectivity index (χ0n) is 12.9. The van der Waals surface area contributed by atoms with Crippen LogP contribution in [0, 0.1) is 0 Å². The fourth-order valence-corrected chi connectivity index (χ4v) is 2.46. The second-order valence-electron chi connectivity index (χ2n) is 5.43. The summed E-state index contributed by atoms with van der Waals surface area (Å²) >= 11 is 0. The van der Waals surface area contributed by atoms with Crippen LogP contribution in [0.15, 0.2) is 24.3 Å². The molecule has 0 saturated heterocycles. The number of para-hydroxylation sites is 2. The first kappa shape index (κ1) is 16.4. The van der Waals surface area contributed by atoms with Gasteiger partial charge in [-0.2, -0.15) is 13.2 Å². The van der Waals surface area contributed by atoms with Gasteiger partial charge >= 0.3 is 6.18 Å². The van der Waals surface area contributed by atoms with E-state index in [0.717, 1.165) is 0 Å². The molecule has 1 aliphatic rings. The summed E-state index contributed by atoms with van der Waals surface area (Å²) in [6.07, 6.45) is -4.46. The van der Waals surface area contributed by atoms with Gasteiger partial charge in [0.15, 0.2) is 11.6 Å². The van der Waals surface area contributed by atoms with E-state index in [9.17, 15) is 18.0 Å². The molecule has 9 heteroatoms. The lowest BCUT2D eigenvalue weighted by atomic mass is 10.2. The molecule has 0 aliphatic carbocycles. The average Bonchev–Trinajstić information content (AvgIpc) is 2.52. The van der Waals surface area contributed by atoms with E-state index in [1.807, 2.05) is 24.1 Å². The number of halogens is 3. The van der Waals surface area contributed by atoms with Gasteiger partial charge in [-0.05, 0) is 12.1 Å². The Kier molecular flexibility index (Phi) is 4.27. The molecule has 1 aliphatic heterocycles. The molecule has 1 amide bonds. The van der Waals surface area contributed by atoms with Crippen LogP contribution in [0.5, 0.6) is 0 Å². The normalized spacial score (nSPS) is 14.8. The van der Waals surface area contributed by atoms with E-state index in [1.54, 1.807) is 12.1 Å². The summed E-state index contributed by atoms with van der Waals surface area (Å²) in [7, 11) is 1.82. The SMILES string of the molecule is CN1CCN(C(=O)COCC(F)(F)F)c2nc3ccccc3nc21. The van der Waals surface area contributed by atoms with E-state index in [0.29, 0.717) is 35.8 Å². The van der Waals surface area contributed by atoms with Crippen LogP contribution < -0.4 is 9.80 Å². The van der Waals surface area contributed by atoms with Gasteiger partial charge in [0, 0.05) is 20.1 Å². The predicted octanol–water partition coefficient (Wildman–Crippen LogP) is 1.99. The summed E-state index contributed by atoms with van der Waals surface area (Å²) in [5, 5.41) is 0. The van der Waals surface area contributed by atoms with Crippen LogP contribution in [0.1, 0.15) is 0 Å². The van der Waals surface area contributed by atoms with E-state index in [1.165, 1.54) is 4.90 Å². The quantitative estimate of drug-likeness (QED) is 0.855. The number of hydrogen-bond donors (Lipinski definition) is 0. The van der Waals surface area contributed by atoms with Gasteiger partial charge in [-0.1, -0.05) is 12.1 Å². The van der Waals surface area contributed by atoms with Gasteiger partial charge in [-0.3, -0.25) is 9.69 Å². The van der Waals surface area contributed by atoms with E-state index < -0.39 is 25.3 Å². The molecule has 0 unspecified atom stereocenters. The van der Waals surface area contributed by atoms with Crippen LogP contribution in [-0.4, -0.2) is 55.4 Å². The standard InChI is InChI=1S/C15H15F3N4O2/c1-21-6-7-22(12(23)8-24-9-15(16,17)18)14-13(21)19-10-4-2-3-5-11(10)20-14/h2-5H,6-9H2,1H3. The number of aromatic nitrogens is 2. The highest BCUT2D eigenvalue weighted by Crippen LogP contribution is 2.30. The van der Waals surface area contributed by atoms with E-state index in [-0.39, 0.29) is 0 Å². The van der Waals surface area contributed by atoms with Crippen LogP contribution >= 0.6 is 0 Å². The summed E-state index contributed by atoms with van der Waals surface area (Å²) in [5.74, 6) is 0.283. The van der Waals surface area contributed by atoms with Gasteiger partial charge in [-0.25, -0.2) is 9.97 Å². The monoisotopic (exact) mass is 340 g/mol. The van der Waals surface area contributed by atoms with Gasteiger partial charge in [0.2, 0.25) is 0 Å². The van der Waals surface area contributed by atoms with Crippen LogP contribution in [-0.2, 0) is 9.53 Å². The van der Waals surface area contributed by atoms with Crippen molar-refractivity contribution >= 4 is 28.6 Å². The molecule has 0 saturated carbocycles. The molecule has 1 aromatic heterocycles. The molecule has 0 bridgehead atoms. The first-order chi connectivity index (χ1) is 11.3. The van der Waals surface area contributed by atoms with Crippen LogP contribution in [0.25, 0.3) is 11.0 Å². The molecular weight excluding hydrogens is 325 g/mol. The first-order valence-corrected chi connectivity index (χ1v) is 7.28. The predicted molar refractivity (Wildman–Crippen MR) is 82.0 cm³/mol. The lowest BCUT2D eigenvalue weighted by Gasteiger charge is -2.33. The zero-order valence-corrected chi connectivity index (χ0v) is 12.9. The lowest BCUT2D eigenvalue weighted by Crippen LogP contribution is -2.45. The van der Waals surface area contributed by atoms with Crippen molar-refractivity contribution in [2.75, 3.05) is 43.2 Å². The fraction of sp³-hybridized carbons (Fsp3) is 0.400. The molecule has 2 aromatic rings. The van der Waals surface area contributed by atoms with Crippen molar-refractivity contribution in [1.29, 1.82) is 0 Å². The van der Waals surface area contributed by atoms with Crippen molar-refractivity contribution in [3.63, 3.8) is 0 Å². The number of fused-ring (bicyclic) bond motifs is 2. The highest BCUT2D eigenvalue weighted by Gasteiger charge is 2.31. The van der Waals surface area contributed by atoms with Crippen molar-refractivity contribution in [1.82, 2.24) is 9.97 Å². The second-order valence-corrected chi connectivity index (χ2v) is 5.43. The molecule has 24 heavy (non-hydrogen) atoms. The van der Waals surface area contributed by atoms with Gasteiger partial charge < -0.3 is 9.64 Å². The smallest absolute Gasteiger partial charge is 0.362 e. The molecule has 128 valence electrons. The Morgan fingerprint density at radius 1 is 1.17 bits per heavy atom. The minimum Gasteiger partial charge on any atom is -0.362 e. The third-order valence-electron chi connectivity index (χ3n) is 3.60. The maximum absolute atomic E-state index is 12.2.